The van der Waals surface area contributed by atoms with Gasteiger partial charge in [0.05, 0.1) is 11.4 Å². The molecule has 34 heavy (non-hydrogen) atoms. The summed E-state index contributed by atoms with van der Waals surface area (Å²) in [5.41, 5.74) is 10.8. The van der Waals surface area contributed by atoms with Gasteiger partial charge in [0.15, 0.2) is 0 Å². The quantitative estimate of drug-likeness (QED) is 0.161. The van der Waals surface area contributed by atoms with Crippen molar-refractivity contribution in [3.63, 3.8) is 0 Å². The summed E-state index contributed by atoms with van der Waals surface area (Å²) in [4.78, 5) is 0. The van der Waals surface area contributed by atoms with Crippen molar-refractivity contribution in [3.05, 3.63) is 83.9 Å². The van der Waals surface area contributed by atoms with E-state index in [4.69, 9.17) is 5.73 Å². The number of nitrogens with two attached hydrogens (primary N) is 1. The Labute approximate surface area is 206 Å². The minimum Gasteiger partial charge on any atom is -0.508 e. The lowest BCUT2D eigenvalue weighted by Gasteiger charge is -2.01. The Bertz CT molecular complexity index is 932. The number of rotatable bonds is 12. The highest BCUT2D eigenvalue weighted by molar-refractivity contribution is 5.43. The van der Waals surface area contributed by atoms with Gasteiger partial charge in [0.2, 0.25) is 0 Å². The lowest BCUT2D eigenvalue weighted by molar-refractivity contribution is 0.475. The highest BCUT2D eigenvalue weighted by Gasteiger charge is 1.96. The second kappa shape index (κ2) is 16.5. The molecule has 0 saturated carbocycles. The van der Waals surface area contributed by atoms with E-state index in [9.17, 15) is 5.11 Å². The van der Waals surface area contributed by atoms with Crippen LogP contribution in [-0.4, -0.2) is 5.11 Å². The topological polar surface area (TPSA) is 71.0 Å². The molecule has 0 unspecified atom stereocenters. The maximum atomic E-state index is 9.20. The molecule has 0 heterocycles. The minimum atomic E-state index is 0.237. The fourth-order valence-electron chi connectivity index (χ4n) is 3.56. The van der Waals surface area contributed by atoms with Crippen LogP contribution in [0.1, 0.15) is 76.3 Å². The van der Waals surface area contributed by atoms with E-state index in [-0.39, 0.29) is 5.75 Å². The van der Waals surface area contributed by atoms with Gasteiger partial charge in [-0.05, 0) is 85.3 Å². The normalized spacial score (nSPS) is 10.8. The zero-order chi connectivity index (χ0) is 24.4. The third kappa shape index (κ3) is 11.6. The Morgan fingerprint density at radius 1 is 0.559 bits per heavy atom. The number of nitrogens with zero attached hydrogens (tertiary/aromatic N) is 2. The van der Waals surface area contributed by atoms with Crippen LogP contribution in [0.2, 0.25) is 0 Å². The largest absolute Gasteiger partial charge is 0.508 e. The third-order valence-corrected chi connectivity index (χ3v) is 5.68. The van der Waals surface area contributed by atoms with Crippen LogP contribution >= 0.6 is 0 Å². The molecule has 0 bridgehead atoms. The summed E-state index contributed by atoms with van der Waals surface area (Å²) >= 11 is 0. The van der Waals surface area contributed by atoms with E-state index in [1.165, 1.54) is 68.9 Å². The van der Waals surface area contributed by atoms with Gasteiger partial charge in [0, 0.05) is 5.69 Å². The fourth-order valence-corrected chi connectivity index (χ4v) is 3.56. The molecule has 0 aliphatic rings. The summed E-state index contributed by atoms with van der Waals surface area (Å²) in [5.74, 6) is 0.237. The van der Waals surface area contributed by atoms with Gasteiger partial charge >= 0.3 is 0 Å². The van der Waals surface area contributed by atoms with E-state index in [0.29, 0.717) is 0 Å². The van der Waals surface area contributed by atoms with Gasteiger partial charge in [-0.25, -0.2) is 0 Å². The molecule has 0 radical (unpaired) electrons. The zero-order valence-corrected chi connectivity index (χ0v) is 20.9. The van der Waals surface area contributed by atoms with Crippen molar-refractivity contribution in [2.45, 2.75) is 78.1 Å². The Balaban J connectivity index is 0.000000270. The van der Waals surface area contributed by atoms with Gasteiger partial charge in [-0.1, -0.05) is 76.6 Å². The number of azo groups is 1. The number of unbranched alkanes of at least 4 members (excludes halogenated alkanes) is 6. The zero-order valence-electron chi connectivity index (χ0n) is 20.9. The summed E-state index contributed by atoms with van der Waals surface area (Å²) in [6.07, 6.45) is 12.8. The molecule has 4 heteroatoms. The first-order valence-corrected chi connectivity index (χ1v) is 12.7. The predicted octanol–water partition coefficient (Wildman–Crippen LogP) is 9.32. The fraction of sp³-hybridized carbons (Fsp3) is 0.400. The van der Waals surface area contributed by atoms with Crippen LogP contribution in [0.25, 0.3) is 0 Å². The maximum absolute atomic E-state index is 9.20. The average molecular weight is 460 g/mol. The first-order chi connectivity index (χ1) is 16.6. The highest BCUT2D eigenvalue weighted by atomic mass is 16.3. The molecular weight excluding hydrogens is 418 g/mol. The predicted molar refractivity (Wildman–Crippen MR) is 145 cm³/mol. The Hall–Kier alpha value is -3.14. The number of hydrogen-bond donors (Lipinski definition) is 2. The number of phenols is 1. The van der Waals surface area contributed by atoms with Crippen molar-refractivity contribution in [2.24, 2.45) is 10.2 Å². The minimum absolute atomic E-state index is 0.237. The number of hydrogen-bond acceptors (Lipinski definition) is 4. The van der Waals surface area contributed by atoms with Gasteiger partial charge < -0.3 is 10.8 Å². The van der Waals surface area contributed by atoms with Crippen LogP contribution in [0.15, 0.2) is 83.0 Å². The van der Waals surface area contributed by atoms with Crippen molar-refractivity contribution in [2.75, 3.05) is 5.73 Å². The summed E-state index contributed by atoms with van der Waals surface area (Å²) in [5, 5.41) is 17.6. The summed E-state index contributed by atoms with van der Waals surface area (Å²) in [6, 6.07) is 23.1. The van der Waals surface area contributed by atoms with Crippen molar-refractivity contribution >= 4 is 17.1 Å². The third-order valence-electron chi connectivity index (χ3n) is 5.68. The highest BCUT2D eigenvalue weighted by Crippen LogP contribution is 2.21. The molecule has 3 N–H and O–H groups in total. The molecular formula is C30H41N3O. The summed E-state index contributed by atoms with van der Waals surface area (Å²) in [6.45, 7) is 4.47. The second-order valence-electron chi connectivity index (χ2n) is 8.75. The van der Waals surface area contributed by atoms with E-state index >= 15 is 0 Å². The molecule has 0 aliphatic carbocycles. The van der Waals surface area contributed by atoms with Crippen LogP contribution in [0, 0.1) is 0 Å². The first-order valence-electron chi connectivity index (χ1n) is 12.7. The molecule has 0 fully saturated rings. The molecule has 0 spiro atoms. The standard InChI is InChI=1S/C18H22N2O.C12H19N/c1-2-3-4-5-6-15-7-9-16(10-8-15)19-20-17-11-13-18(21)14-12-17;1-2-3-4-5-6-11-7-9-12(13)10-8-11/h7-14,21H,2-6H2,1H3;7-10H,2-6,13H2,1H3. The lowest BCUT2D eigenvalue weighted by atomic mass is 10.1. The molecule has 0 saturated heterocycles. The molecule has 182 valence electrons. The number of phenolic OH excluding ortho intramolecular Hbond substituents is 1. The first kappa shape index (κ1) is 27.1. The van der Waals surface area contributed by atoms with Gasteiger partial charge in [-0.3, -0.25) is 0 Å². The van der Waals surface area contributed by atoms with E-state index in [1.54, 1.807) is 24.3 Å². The second-order valence-corrected chi connectivity index (χ2v) is 8.75. The number of aryl methyl sites for hydroxylation is 2. The van der Waals surface area contributed by atoms with Crippen molar-refractivity contribution < 1.29 is 5.11 Å². The van der Waals surface area contributed by atoms with Gasteiger partial charge in [0.25, 0.3) is 0 Å². The summed E-state index contributed by atoms with van der Waals surface area (Å²) < 4.78 is 0. The molecule has 0 atom stereocenters. The molecule has 0 aliphatic heterocycles. The lowest BCUT2D eigenvalue weighted by Crippen LogP contribution is -1.88. The SMILES string of the molecule is CCCCCCc1ccc(N)cc1.CCCCCCc1ccc(N=Nc2ccc(O)cc2)cc1. The van der Waals surface area contributed by atoms with Crippen LogP contribution < -0.4 is 5.73 Å². The van der Waals surface area contributed by atoms with Gasteiger partial charge in [-0.15, -0.1) is 0 Å². The van der Waals surface area contributed by atoms with Crippen LogP contribution in [0.5, 0.6) is 5.75 Å². The van der Waals surface area contributed by atoms with Crippen molar-refractivity contribution in [3.8, 4) is 5.75 Å². The molecule has 3 rings (SSSR count). The van der Waals surface area contributed by atoms with E-state index < -0.39 is 0 Å². The Morgan fingerprint density at radius 2 is 0.971 bits per heavy atom. The average Bonchev–Trinajstić information content (AvgIpc) is 2.86. The smallest absolute Gasteiger partial charge is 0.115 e. The van der Waals surface area contributed by atoms with E-state index in [1.807, 2.05) is 24.3 Å². The molecule has 3 aromatic carbocycles. The molecule has 0 amide bonds. The number of benzene rings is 3. The van der Waals surface area contributed by atoms with E-state index in [0.717, 1.165) is 23.5 Å². The Kier molecular flexibility index (Phi) is 13.1. The van der Waals surface area contributed by atoms with Crippen LogP contribution in [-0.2, 0) is 12.8 Å². The van der Waals surface area contributed by atoms with Crippen LogP contribution in [0.3, 0.4) is 0 Å². The van der Waals surface area contributed by atoms with E-state index in [2.05, 4.69) is 48.3 Å². The maximum Gasteiger partial charge on any atom is 0.115 e. The summed E-state index contributed by atoms with van der Waals surface area (Å²) in [7, 11) is 0. The Morgan fingerprint density at radius 3 is 1.41 bits per heavy atom. The van der Waals surface area contributed by atoms with Gasteiger partial charge in [-0.2, -0.15) is 10.2 Å². The number of anilines is 1. The molecule has 3 aromatic rings. The molecule has 4 nitrogen and oxygen atoms in total. The van der Waals surface area contributed by atoms with Crippen molar-refractivity contribution in [1.29, 1.82) is 0 Å². The number of aromatic hydroxyl groups is 1. The van der Waals surface area contributed by atoms with Crippen molar-refractivity contribution in [1.82, 2.24) is 0 Å². The van der Waals surface area contributed by atoms with Gasteiger partial charge in [0.1, 0.15) is 5.75 Å². The van der Waals surface area contributed by atoms with Crippen LogP contribution in [0.4, 0.5) is 17.1 Å². The monoisotopic (exact) mass is 459 g/mol. The number of nitrogen functional groups attached to an aromatic ring is 1. The molecule has 0 aromatic heterocycles.